The SMILES string of the molecule is COc1ccccc1C(=O)Nc1cc(NC(=O)c2ccccc2OC)cc(C(N)=O)c1. The van der Waals surface area contributed by atoms with E-state index >= 15 is 0 Å². The first-order valence-corrected chi connectivity index (χ1v) is 9.26. The number of benzene rings is 3. The number of primary amides is 1. The van der Waals surface area contributed by atoms with Crippen LogP contribution in [-0.2, 0) is 0 Å². The maximum Gasteiger partial charge on any atom is 0.259 e. The molecule has 4 N–H and O–H groups in total. The fraction of sp³-hybridized carbons (Fsp3) is 0.0870. The highest BCUT2D eigenvalue weighted by Crippen LogP contribution is 2.24. The third-order valence-electron chi connectivity index (χ3n) is 4.44. The largest absolute Gasteiger partial charge is 0.496 e. The molecule has 0 heterocycles. The van der Waals surface area contributed by atoms with E-state index in [1.807, 2.05) is 0 Å². The van der Waals surface area contributed by atoms with Crippen molar-refractivity contribution in [3.8, 4) is 11.5 Å². The number of carbonyl (C=O) groups excluding carboxylic acids is 3. The first-order valence-electron chi connectivity index (χ1n) is 9.26. The van der Waals surface area contributed by atoms with Gasteiger partial charge in [0.25, 0.3) is 11.8 Å². The number of para-hydroxylation sites is 2. The van der Waals surface area contributed by atoms with E-state index in [2.05, 4.69) is 10.6 Å². The van der Waals surface area contributed by atoms with E-state index in [4.69, 9.17) is 15.2 Å². The van der Waals surface area contributed by atoms with Crippen LogP contribution < -0.4 is 25.8 Å². The molecule has 8 heteroatoms. The van der Waals surface area contributed by atoms with Gasteiger partial charge in [0.2, 0.25) is 5.91 Å². The van der Waals surface area contributed by atoms with Crippen LogP contribution in [0.3, 0.4) is 0 Å². The Balaban J connectivity index is 1.90. The summed E-state index contributed by atoms with van der Waals surface area (Å²) in [5, 5.41) is 5.40. The molecule has 3 rings (SSSR count). The lowest BCUT2D eigenvalue weighted by Gasteiger charge is -2.13. The van der Waals surface area contributed by atoms with Crippen molar-refractivity contribution < 1.29 is 23.9 Å². The van der Waals surface area contributed by atoms with E-state index in [9.17, 15) is 14.4 Å². The van der Waals surface area contributed by atoms with Gasteiger partial charge in [-0.2, -0.15) is 0 Å². The molecule has 3 aromatic carbocycles. The number of hydrogen-bond acceptors (Lipinski definition) is 5. The monoisotopic (exact) mass is 419 g/mol. The van der Waals surface area contributed by atoms with Crippen LogP contribution in [0.5, 0.6) is 11.5 Å². The summed E-state index contributed by atoms with van der Waals surface area (Å²) in [5.41, 5.74) is 6.73. The number of nitrogens with one attached hydrogen (secondary N) is 2. The molecule has 3 amide bonds. The molecule has 158 valence electrons. The summed E-state index contributed by atoms with van der Waals surface area (Å²) in [7, 11) is 2.93. The smallest absolute Gasteiger partial charge is 0.259 e. The van der Waals surface area contributed by atoms with Crippen molar-refractivity contribution in [1.82, 2.24) is 0 Å². The molecule has 0 aromatic heterocycles. The maximum atomic E-state index is 12.7. The average Bonchev–Trinajstić information content (AvgIpc) is 2.78. The Morgan fingerprint density at radius 1 is 0.710 bits per heavy atom. The zero-order valence-corrected chi connectivity index (χ0v) is 17.0. The lowest BCUT2D eigenvalue weighted by molar-refractivity contribution is 0.0993. The van der Waals surface area contributed by atoms with E-state index in [0.717, 1.165) is 0 Å². The van der Waals surface area contributed by atoms with Gasteiger partial charge in [0.05, 0.1) is 25.3 Å². The molecule has 0 aliphatic rings. The molecule has 0 unspecified atom stereocenters. The second-order valence-corrected chi connectivity index (χ2v) is 6.47. The normalized spacial score (nSPS) is 10.1. The predicted octanol–water partition coefficient (Wildman–Crippen LogP) is 3.31. The van der Waals surface area contributed by atoms with Crippen LogP contribution >= 0.6 is 0 Å². The zero-order valence-electron chi connectivity index (χ0n) is 17.0. The fourth-order valence-corrected chi connectivity index (χ4v) is 2.98. The molecule has 8 nitrogen and oxygen atoms in total. The molecular formula is C23H21N3O5. The van der Waals surface area contributed by atoms with Gasteiger partial charge in [-0.3, -0.25) is 14.4 Å². The van der Waals surface area contributed by atoms with Gasteiger partial charge in [-0.15, -0.1) is 0 Å². The maximum absolute atomic E-state index is 12.7. The van der Waals surface area contributed by atoms with Gasteiger partial charge < -0.3 is 25.8 Å². The lowest BCUT2D eigenvalue weighted by Crippen LogP contribution is -2.17. The van der Waals surface area contributed by atoms with Crippen LogP contribution in [0.25, 0.3) is 0 Å². The topological polar surface area (TPSA) is 120 Å². The summed E-state index contributed by atoms with van der Waals surface area (Å²) >= 11 is 0. The van der Waals surface area contributed by atoms with Crippen LogP contribution in [0.4, 0.5) is 11.4 Å². The number of carbonyl (C=O) groups is 3. The van der Waals surface area contributed by atoms with Crippen molar-refractivity contribution in [1.29, 1.82) is 0 Å². The molecule has 0 radical (unpaired) electrons. The van der Waals surface area contributed by atoms with E-state index in [-0.39, 0.29) is 16.9 Å². The van der Waals surface area contributed by atoms with Gasteiger partial charge in [0, 0.05) is 16.9 Å². The molecule has 0 spiro atoms. The Kier molecular flexibility index (Phi) is 6.51. The van der Waals surface area contributed by atoms with Crippen LogP contribution in [0.1, 0.15) is 31.1 Å². The third kappa shape index (κ3) is 4.99. The number of amides is 3. The Hall–Kier alpha value is -4.33. The minimum atomic E-state index is -0.707. The highest BCUT2D eigenvalue weighted by atomic mass is 16.5. The first-order chi connectivity index (χ1) is 14.9. The molecule has 0 atom stereocenters. The van der Waals surface area contributed by atoms with E-state index < -0.39 is 17.7 Å². The number of rotatable bonds is 7. The molecule has 0 saturated heterocycles. The summed E-state index contributed by atoms with van der Waals surface area (Å²) in [6.45, 7) is 0. The van der Waals surface area contributed by atoms with Crippen LogP contribution in [-0.4, -0.2) is 31.9 Å². The van der Waals surface area contributed by atoms with Crippen molar-refractivity contribution >= 4 is 29.1 Å². The Labute approximate surface area is 179 Å². The van der Waals surface area contributed by atoms with Crippen molar-refractivity contribution in [2.45, 2.75) is 0 Å². The van der Waals surface area contributed by atoms with Crippen LogP contribution in [0, 0.1) is 0 Å². The Bertz CT molecular complexity index is 1060. The highest BCUT2D eigenvalue weighted by Gasteiger charge is 2.16. The standard InChI is InChI=1S/C23H21N3O5/c1-30-19-9-5-3-7-17(19)22(28)25-15-11-14(21(24)27)12-16(13-15)26-23(29)18-8-4-6-10-20(18)31-2/h3-13H,1-2H3,(H2,24,27)(H,25,28)(H,26,29). The molecule has 0 aliphatic carbocycles. The molecule has 0 bridgehead atoms. The first kappa shape index (κ1) is 21.4. The predicted molar refractivity (Wildman–Crippen MR) is 117 cm³/mol. The molecule has 3 aromatic rings. The van der Waals surface area contributed by atoms with Crippen molar-refractivity contribution in [2.75, 3.05) is 24.9 Å². The highest BCUT2D eigenvalue weighted by molar-refractivity contribution is 6.09. The molecular weight excluding hydrogens is 398 g/mol. The average molecular weight is 419 g/mol. The quantitative estimate of drug-likeness (QED) is 0.543. The summed E-state index contributed by atoms with van der Waals surface area (Å²) in [5.74, 6) is -0.796. The van der Waals surface area contributed by atoms with Gasteiger partial charge in [-0.1, -0.05) is 24.3 Å². The van der Waals surface area contributed by atoms with Crippen LogP contribution in [0.15, 0.2) is 66.7 Å². The van der Waals surface area contributed by atoms with E-state index in [0.29, 0.717) is 22.6 Å². The molecule has 0 aliphatic heterocycles. The van der Waals surface area contributed by atoms with Gasteiger partial charge >= 0.3 is 0 Å². The third-order valence-corrected chi connectivity index (χ3v) is 4.44. The number of anilines is 2. The summed E-state index contributed by atoms with van der Waals surface area (Å²) in [6, 6.07) is 17.8. The number of ether oxygens (including phenoxy) is 2. The lowest BCUT2D eigenvalue weighted by atomic mass is 10.1. The van der Waals surface area contributed by atoms with Gasteiger partial charge in [-0.25, -0.2) is 0 Å². The van der Waals surface area contributed by atoms with Gasteiger partial charge in [0.15, 0.2) is 0 Å². The molecule has 0 saturated carbocycles. The van der Waals surface area contributed by atoms with E-state index in [1.165, 1.54) is 32.4 Å². The summed E-state index contributed by atoms with van der Waals surface area (Å²) in [4.78, 5) is 37.2. The van der Waals surface area contributed by atoms with Crippen molar-refractivity contribution in [3.05, 3.63) is 83.4 Å². The second kappa shape index (κ2) is 9.45. The number of methoxy groups -OCH3 is 2. The minimum Gasteiger partial charge on any atom is -0.496 e. The van der Waals surface area contributed by atoms with Gasteiger partial charge in [0.1, 0.15) is 11.5 Å². The fourth-order valence-electron chi connectivity index (χ4n) is 2.98. The van der Waals surface area contributed by atoms with Crippen molar-refractivity contribution in [2.24, 2.45) is 5.73 Å². The Morgan fingerprint density at radius 2 is 1.13 bits per heavy atom. The molecule has 0 fully saturated rings. The van der Waals surface area contributed by atoms with Crippen molar-refractivity contribution in [3.63, 3.8) is 0 Å². The van der Waals surface area contributed by atoms with Gasteiger partial charge in [-0.05, 0) is 42.5 Å². The van der Waals surface area contributed by atoms with E-state index in [1.54, 1.807) is 48.5 Å². The minimum absolute atomic E-state index is 0.119. The summed E-state index contributed by atoms with van der Waals surface area (Å²) < 4.78 is 10.4. The number of hydrogen-bond donors (Lipinski definition) is 3. The zero-order chi connectivity index (χ0) is 22.4. The second-order valence-electron chi connectivity index (χ2n) is 6.47. The Morgan fingerprint density at radius 3 is 1.52 bits per heavy atom. The van der Waals surface area contributed by atoms with Crippen LogP contribution in [0.2, 0.25) is 0 Å². The molecule has 31 heavy (non-hydrogen) atoms. The summed E-state index contributed by atoms with van der Waals surface area (Å²) in [6.07, 6.45) is 0. The number of nitrogens with two attached hydrogens (primary N) is 1.